The molecule has 1 saturated heterocycles. The minimum Gasteiger partial charge on any atom is -0.495 e. The van der Waals surface area contributed by atoms with Gasteiger partial charge in [0.2, 0.25) is 5.95 Å². The van der Waals surface area contributed by atoms with Crippen LogP contribution in [0.5, 0.6) is 5.75 Å². The number of hydrogen-bond donors (Lipinski definition) is 0. The van der Waals surface area contributed by atoms with Gasteiger partial charge in [0.05, 0.1) is 32.2 Å². The summed E-state index contributed by atoms with van der Waals surface area (Å²) in [4.78, 5) is 22.8. The second-order valence-corrected chi connectivity index (χ2v) is 6.99. The Balaban J connectivity index is 1.65. The fourth-order valence-electron chi connectivity index (χ4n) is 3.82. The Labute approximate surface area is 169 Å². The van der Waals surface area contributed by atoms with Gasteiger partial charge in [-0.1, -0.05) is 0 Å². The van der Waals surface area contributed by atoms with Crippen molar-refractivity contribution in [2.75, 3.05) is 49.8 Å². The lowest BCUT2D eigenvalue weighted by Crippen LogP contribution is -2.37. The van der Waals surface area contributed by atoms with E-state index < -0.39 is 0 Å². The van der Waals surface area contributed by atoms with Gasteiger partial charge in [0.15, 0.2) is 0 Å². The average molecular weight is 390 g/mol. The molecule has 2 aliphatic heterocycles. The second kappa shape index (κ2) is 7.63. The van der Waals surface area contributed by atoms with Gasteiger partial charge in [0, 0.05) is 55.0 Å². The second-order valence-electron chi connectivity index (χ2n) is 6.99. The van der Waals surface area contributed by atoms with Gasteiger partial charge in [-0.2, -0.15) is 4.98 Å². The third-order valence-electron chi connectivity index (χ3n) is 5.31. The number of rotatable bonds is 4. The molecular weight excluding hydrogens is 368 g/mol. The molecule has 0 bridgehead atoms. The molecule has 8 nitrogen and oxygen atoms in total. The van der Waals surface area contributed by atoms with Gasteiger partial charge in [0.1, 0.15) is 11.6 Å². The summed E-state index contributed by atoms with van der Waals surface area (Å²) >= 11 is 0. The number of hydrogen-bond acceptors (Lipinski definition) is 8. The highest BCUT2D eigenvalue weighted by Gasteiger charge is 2.29. The molecule has 0 amide bonds. The van der Waals surface area contributed by atoms with Crippen molar-refractivity contribution in [3.05, 3.63) is 48.5 Å². The van der Waals surface area contributed by atoms with E-state index in [2.05, 4.69) is 19.8 Å². The van der Waals surface area contributed by atoms with Crippen molar-refractivity contribution in [3.8, 4) is 17.0 Å². The topological polar surface area (TPSA) is 76.5 Å². The molecule has 1 fully saturated rings. The SMILES string of the molecule is COc1cncc(-c2nc(N3CCOCC3)nc3c2CCN3c2ccncc2)c1. The largest absolute Gasteiger partial charge is 0.495 e. The summed E-state index contributed by atoms with van der Waals surface area (Å²) in [6, 6.07) is 6.00. The quantitative estimate of drug-likeness (QED) is 0.673. The van der Waals surface area contributed by atoms with Gasteiger partial charge in [-0.05, 0) is 24.6 Å². The zero-order chi connectivity index (χ0) is 19.6. The first-order valence-electron chi connectivity index (χ1n) is 9.74. The minimum absolute atomic E-state index is 0.685. The van der Waals surface area contributed by atoms with Gasteiger partial charge in [0.25, 0.3) is 0 Å². The molecular formula is C21H22N6O2. The van der Waals surface area contributed by atoms with Crippen molar-refractivity contribution in [2.45, 2.75) is 6.42 Å². The third-order valence-corrected chi connectivity index (χ3v) is 5.31. The lowest BCUT2D eigenvalue weighted by Gasteiger charge is -2.28. The number of fused-ring (bicyclic) bond motifs is 1. The highest BCUT2D eigenvalue weighted by Crippen LogP contribution is 2.39. The molecule has 0 N–H and O–H groups in total. The summed E-state index contributed by atoms with van der Waals surface area (Å²) in [5.41, 5.74) is 4.07. The summed E-state index contributed by atoms with van der Waals surface area (Å²) in [6.07, 6.45) is 8.03. The molecule has 8 heteroatoms. The van der Waals surface area contributed by atoms with Gasteiger partial charge in [-0.3, -0.25) is 9.97 Å². The van der Waals surface area contributed by atoms with Gasteiger partial charge >= 0.3 is 0 Å². The molecule has 3 aromatic heterocycles. The van der Waals surface area contributed by atoms with Crippen LogP contribution in [0.15, 0.2) is 43.0 Å². The number of anilines is 3. The van der Waals surface area contributed by atoms with Crippen molar-refractivity contribution >= 4 is 17.5 Å². The van der Waals surface area contributed by atoms with Crippen LogP contribution < -0.4 is 14.5 Å². The number of aromatic nitrogens is 4. The zero-order valence-corrected chi connectivity index (χ0v) is 16.3. The summed E-state index contributed by atoms with van der Waals surface area (Å²) in [7, 11) is 1.65. The molecule has 5 rings (SSSR count). The maximum atomic E-state index is 5.51. The van der Waals surface area contributed by atoms with Crippen molar-refractivity contribution in [1.82, 2.24) is 19.9 Å². The fourth-order valence-corrected chi connectivity index (χ4v) is 3.82. The maximum absolute atomic E-state index is 5.51. The van der Waals surface area contributed by atoms with Crippen molar-refractivity contribution in [2.24, 2.45) is 0 Å². The monoisotopic (exact) mass is 390 g/mol. The Morgan fingerprint density at radius 3 is 2.62 bits per heavy atom. The third kappa shape index (κ3) is 3.36. The normalized spacial score (nSPS) is 16.0. The minimum atomic E-state index is 0.685. The van der Waals surface area contributed by atoms with Crippen molar-refractivity contribution < 1.29 is 9.47 Å². The van der Waals surface area contributed by atoms with Crippen LogP contribution in [-0.2, 0) is 11.2 Å². The van der Waals surface area contributed by atoms with Gasteiger partial charge in [-0.25, -0.2) is 4.98 Å². The van der Waals surface area contributed by atoms with E-state index in [1.807, 2.05) is 36.8 Å². The highest BCUT2D eigenvalue weighted by atomic mass is 16.5. The molecule has 0 aliphatic carbocycles. The summed E-state index contributed by atoms with van der Waals surface area (Å²) in [5.74, 6) is 2.39. The van der Waals surface area contributed by atoms with Crippen molar-refractivity contribution in [1.29, 1.82) is 0 Å². The first-order chi connectivity index (χ1) is 14.3. The molecule has 29 heavy (non-hydrogen) atoms. The maximum Gasteiger partial charge on any atom is 0.228 e. The number of nitrogens with zero attached hydrogens (tertiary/aromatic N) is 6. The molecule has 148 valence electrons. The van der Waals surface area contributed by atoms with Gasteiger partial charge in [-0.15, -0.1) is 0 Å². The molecule has 0 atom stereocenters. The lowest BCUT2D eigenvalue weighted by molar-refractivity contribution is 0.122. The van der Waals surface area contributed by atoms with Crippen LogP contribution in [0.2, 0.25) is 0 Å². The van der Waals surface area contributed by atoms with Crippen LogP contribution in [0.4, 0.5) is 17.5 Å². The number of pyridine rings is 2. The molecule has 5 heterocycles. The Bertz CT molecular complexity index is 1010. The van der Waals surface area contributed by atoms with E-state index >= 15 is 0 Å². The van der Waals surface area contributed by atoms with Crippen LogP contribution in [0.25, 0.3) is 11.3 Å². The van der Waals surface area contributed by atoms with E-state index in [0.29, 0.717) is 19.0 Å². The lowest BCUT2D eigenvalue weighted by atomic mass is 10.1. The summed E-state index contributed by atoms with van der Waals surface area (Å²) < 4.78 is 10.9. The Morgan fingerprint density at radius 1 is 1.00 bits per heavy atom. The Kier molecular flexibility index (Phi) is 4.69. The summed E-state index contributed by atoms with van der Waals surface area (Å²) in [5, 5.41) is 0. The Morgan fingerprint density at radius 2 is 1.83 bits per heavy atom. The predicted octanol–water partition coefficient (Wildman–Crippen LogP) is 2.47. The molecule has 0 spiro atoms. The van der Waals surface area contributed by atoms with Crippen LogP contribution in [-0.4, -0.2) is 59.9 Å². The predicted molar refractivity (Wildman–Crippen MR) is 110 cm³/mol. The van der Waals surface area contributed by atoms with Crippen LogP contribution in [0.1, 0.15) is 5.56 Å². The van der Waals surface area contributed by atoms with Crippen LogP contribution in [0.3, 0.4) is 0 Å². The first-order valence-corrected chi connectivity index (χ1v) is 9.74. The molecule has 0 saturated carbocycles. The number of ether oxygens (including phenoxy) is 2. The van der Waals surface area contributed by atoms with Crippen LogP contribution in [0, 0.1) is 0 Å². The molecule has 0 radical (unpaired) electrons. The molecule has 0 aromatic carbocycles. The highest BCUT2D eigenvalue weighted by molar-refractivity contribution is 5.77. The Hall–Kier alpha value is -3.26. The van der Waals surface area contributed by atoms with E-state index in [1.54, 1.807) is 13.3 Å². The van der Waals surface area contributed by atoms with E-state index in [1.165, 1.54) is 0 Å². The zero-order valence-electron chi connectivity index (χ0n) is 16.3. The number of methoxy groups -OCH3 is 1. The van der Waals surface area contributed by atoms with Crippen LogP contribution >= 0.6 is 0 Å². The average Bonchev–Trinajstić information content (AvgIpc) is 3.24. The first kappa shape index (κ1) is 17.8. The standard InChI is InChI=1S/C21H22N6O2/c1-28-17-12-15(13-23-14-17)19-18-4-7-27(16-2-5-22-6-3-16)20(18)25-21(24-19)26-8-10-29-11-9-26/h2-3,5-6,12-14H,4,7-11H2,1H3. The van der Waals surface area contributed by atoms with E-state index in [9.17, 15) is 0 Å². The van der Waals surface area contributed by atoms with Crippen molar-refractivity contribution in [3.63, 3.8) is 0 Å². The molecule has 0 unspecified atom stereocenters. The molecule has 3 aromatic rings. The smallest absolute Gasteiger partial charge is 0.228 e. The van der Waals surface area contributed by atoms with E-state index in [-0.39, 0.29) is 0 Å². The fraction of sp³-hybridized carbons (Fsp3) is 0.333. The summed E-state index contributed by atoms with van der Waals surface area (Å²) in [6.45, 7) is 3.79. The number of morpholine rings is 1. The van der Waals surface area contributed by atoms with Gasteiger partial charge < -0.3 is 19.3 Å². The van der Waals surface area contributed by atoms with E-state index in [4.69, 9.17) is 19.4 Å². The molecule has 2 aliphatic rings. The van der Waals surface area contributed by atoms with E-state index in [0.717, 1.165) is 60.3 Å².